The molecule has 3 rings (SSSR count). The maximum atomic E-state index is 4.36. The number of aromatic nitrogens is 2. The minimum absolute atomic E-state index is 0.302. The fourth-order valence-electron chi connectivity index (χ4n) is 2.13. The molecule has 0 bridgehead atoms. The lowest BCUT2D eigenvalue weighted by molar-refractivity contribution is 0.568. The van der Waals surface area contributed by atoms with Gasteiger partial charge in [0.25, 0.3) is 0 Å². The van der Waals surface area contributed by atoms with E-state index in [0.717, 1.165) is 16.4 Å². The lowest BCUT2D eigenvalue weighted by Crippen LogP contribution is -2.14. The van der Waals surface area contributed by atoms with E-state index in [0.29, 0.717) is 6.04 Å². The smallest absolute Gasteiger partial charge is 0.149 e. The van der Waals surface area contributed by atoms with Crippen LogP contribution in [0.3, 0.4) is 0 Å². The summed E-state index contributed by atoms with van der Waals surface area (Å²) in [6.45, 7) is 2.15. The van der Waals surface area contributed by atoms with E-state index in [1.165, 1.54) is 15.6 Å². The molecule has 0 fully saturated rings. The summed E-state index contributed by atoms with van der Waals surface area (Å²) in [5.74, 6) is 0. The largest absolute Gasteiger partial charge is 0.311 e. The summed E-state index contributed by atoms with van der Waals surface area (Å²) < 4.78 is 1.30. The average Bonchev–Trinajstić information content (AvgIpc) is 3.06. The van der Waals surface area contributed by atoms with Crippen LogP contribution < -0.4 is 5.32 Å². The van der Waals surface area contributed by atoms with Crippen molar-refractivity contribution < 1.29 is 0 Å². The van der Waals surface area contributed by atoms with E-state index in [2.05, 4.69) is 52.1 Å². The molecule has 3 aromatic rings. The van der Waals surface area contributed by atoms with Crippen LogP contribution in [-0.4, -0.2) is 17.2 Å². The van der Waals surface area contributed by atoms with Gasteiger partial charge in [0.2, 0.25) is 0 Å². The lowest BCUT2D eigenvalue weighted by Gasteiger charge is -2.07. The van der Waals surface area contributed by atoms with Gasteiger partial charge in [-0.1, -0.05) is 36.5 Å². The van der Waals surface area contributed by atoms with Crippen molar-refractivity contribution in [2.24, 2.45) is 0 Å². The Hall–Kier alpha value is -1.30. The minimum Gasteiger partial charge on any atom is -0.311 e. The van der Waals surface area contributed by atoms with Crippen molar-refractivity contribution in [1.29, 1.82) is 0 Å². The number of hydrogen-bond donors (Lipinski definition) is 1. The van der Waals surface area contributed by atoms with Crippen LogP contribution in [0.1, 0.15) is 24.4 Å². The Labute approximate surface area is 120 Å². The van der Waals surface area contributed by atoms with E-state index in [-0.39, 0.29) is 0 Å². The fraction of sp³-hybridized carbons (Fsp3) is 0.286. The van der Waals surface area contributed by atoms with Crippen molar-refractivity contribution >= 4 is 32.8 Å². The molecule has 0 aliphatic heterocycles. The monoisotopic (exact) mass is 289 g/mol. The van der Waals surface area contributed by atoms with Crippen LogP contribution in [0.2, 0.25) is 0 Å². The number of nitrogens with one attached hydrogen (secondary N) is 1. The molecule has 0 aliphatic rings. The zero-order chi connectivity index (χ0) is 13.2. The highest BCUT2D eigenvalue weighted by molar-refractivity contribution is 7.19. The Bertz CT molecular complexity index is 683. The van der Waals surface area contributed by atoms with Gasteiger partial charge in [0, 0.05) is 21.0 Å². The van der Waals surface area contributed by atoms with Crippen LogP contribution in [-0.2, 0) is 0 Å². The SMILES string of the molecule is CCC(NC)c1nnc(-c2csc3ccccc23)s1. The third kappa shape index (κ3) is 2.29. The number of nitrogens with zero attached hydrogens (tertiary/aromatic N) is 2. The molecule has 0 spiro atoms. The predicted octanol–water partition coefficient (Wildman–Crippen LogP) is 4.09. The van der Waals surface area contributed by atoms with E-state index in [1.807, 2.05) is 7.05 Å². The normalized spacial score (nSPS) is 12.9. The number of thiophene rings is 1. The second-order valence-electron chi connectivity index (χ2n) is 4.34. The Balaban J connectivity index is 2.03. The molecule has 1 N–H and O–H groups in total. The topological polar surface area (TPSA) is 37.8 Å². The van der Waals surface area contributed by atoms with Gasteiger partial charge in [-0.3, -0.25) is 0 Å². The van der Waals surface area contributed by atoms with Crippen LogP contribution in [0.15, 0.2) is 29.6 Å². The standard InChI is InChI=1S/C14H15N3S2/c1-3-11(15-2)14-17-16-13(19-14)10-8-18-12-7-5-4-6-9(10)12/h4-8,11,15H,3H2,1-2H3. The van der Waals surface area contributed by atoms with Crippen LogP contribution in [0.4, 0.5) is 0 Å². The number of hydrogen-bond acceptors (Lipinski definition) is 5. The summed E-state index contributed by atoms with van der Waals surface area (Å²) in [6.07, 6.45) is 1.02. The summed E-state index contributed by atoms with van der Waals surface area (Å²) >= 11 is 3.45. The van der Waals surface area contributed by atoms with Gasteiger partial charge >= 0.3 is 0 Å². The summed E-state index contributed by atoms with van der Waals surface area (Å²) in [4.78, 5) is 0. The van der Waals surface area contributed by atoms with Gasteiger partial charge < -0.3 is 5.32 Å². The molecule has 1 unspecified atom stereocenters. The number of benzene rings is 1. The average molecular weight is 289 g/mol. The molecule has 19 heavy (non-hydrogen) atoms. The first-order chi connectivity index (χ1) is 9.33. The maximum absolute atomic E-state index is 4.36. The molecule has 0 amide bonds. The summed E-state index contributed by atoms with van der Waals surface area (Å²) in [7, 11) is 1.97. The van der Waals surface area contributed by atoms with Crippen molar-refractivity contribution in [2.75, 3.05) is 7.05 Å². The highest BCUT2D eigenvalue weighted by Gasteiger charge is 2.15. The zero-order valence-corrected chi connectivity index (χ0v) is 12.5. The molecule has 2 aromatic heterocycles. The molecule has 0 saturated carbocycles. The predicted molar refractivity (Wildman–Crippen MR) is 82.8 cm³/mol. The van der Waals surface area contributed by atoms with E-state index in [9.17, 15) is 0 Å². The first-order valence-corrected chi connectivity index (χ1v) is 8.00. The van der Waals surface area contributed by atoms with Gasteiger partial charge in [-0.25, -0.2) is 0 Å². The van der Waals surface area contributed by atoms with E-state index < -0.39 is 0 Å². The molecule has 1 atom stereocenters. The Morgan fingerprint density at radius 2 is 2.11 bits per heavy atom. The maximum Gasteiger partial charge on any atom is 0.149 e. The van der Waals surface area contributed by atoms with Crippen LogP contribution >= 0.6 is 22.7 Å². The molecule has 1 aromatic carbocycles. The third-order valence-electron chi connectivity index (χ3n) is 3.21. The number of fused-ring (bicyclic) bond motifs is 1. The summed E-state index contributed by atoms with van der Waals surface area (Å²) in [5.41, 5.74) is 1.20. The van der Waals surface area contributed by atoms with Gasteiger partial charge in [-0.2, -0.15) is 0 Å². The second kappa shape index (κ2) is 5.36. The zero-order valence-electron chi connectivity index (χ0n) is 10.9. The Morgan fingerprint density at radius 3 is 2.89 bits per heavy atom. The minimum atomic E-state index is 0.302. The number of rotatable bonds is 4. The van der Waals surface area contributed by atoms with Gasteiger partial charge in [0.15, 0.2) is 0 Å². The van der Waals surface area contributed by atoms with Crippen LogP contribution in [0.5, 0.6) is 0 Å². The summed E-state index contributed by atoms with van der Waals surface area (Å²) in [5, 5.41) is 17.5. The van der Waals surface area contributed by atoms with Crippen molar-refractivity contribution in [3.63, 3.8) is 0 Å². The second-order valence-corrected chi connectivity index (χ2v) is 6.26. The lowest BCUT2D eigenvalue weighted by atomic mass is 10.2. The molecule has 2 heterocycles. The quantitative estimate of drug-likeness (QED) is 0.786. The van der Waals surface area contributed by atoms with Gasteiger partial charge in [-0.05, 0) is 19.5 Å². The van der Waals surface area contributed by atoms with Gasteiger partial charge in [0.1, 0.15) is 10.0 Å². The van der Waals surface area contributed by atoms with Crippen molar-refractivity contribution in [1.82, 2.24) is 15.5 Å². The van der Waals surface area contributed by atoms with E-state index in [4.69, 9.17) is 0 Å². The first kappa shape index (κ1) is 12.7. The van der Waals surface area contributed by atoms with E-state index >= 15 is 0 Å². The molecule has 0 saturated heterocycles. The van der Waals surface area contributed by atoms with Gasteiger partial charge in [-0.15, -0.1) is 21.5 Å². The molecule has 98 valence electrons. The first-order valence-electron chi connectivity index (χ1n) is 6.30. The molecular formula is C14H15N3S2. The van der Waals surface area contributed by atoms with Crippen LogP contribution in [0.25, 0.3) is 20.7 Å². The molecular weight excluding hydrogens is 274 g/mol. The Kier molecular flexibility index (Phi) is 3.59. The summed E-state index contributed by atoms with van der Waals surface area (Å²) in [6, 6.07) is 8.74. The molecule has 0 radical (unpaired) electrons. The highest BCUT2D eigenvalue weighted by Crippen LogP contribution is 2.36. The van der Waals surface area contributed by atoms with Crippen molar-refractivity contribution in [3.05, 3.63) is 34.7 Å². The Morgan fingerprint density at radius 1 is 1.26 bits per heavy atom. The molecule has 3 nitrogen and oxygen atoms in total. The third-order valence-corrected chi connectivity index (χ3v) is 5.24. The fourth-order valence-corrected chi connectivity index (χ4v) is 4.22. The van der Waals surface area contributed by atoms with Crippen molar-refractivity contribution in [2.45, 2.75) is 19.4 Å². The van der Waals surface area contributed by atoms with Crippen LogP contribution in [0, 0.1) is 0 Å². The molecule has 5 heteroatoms. The molecule has 0 aliphatic carbocycles. The van der Waals surface area contributed by atoms with Crippen molar-refractivity contribution in [3.8, 4) is 10.6 Å². The highest BCUT2D eigenvalue weighted by atomic mass is 32.1. The van der Waals surface area contributed by atoms with E-state index in [1.54, 1.807) is 22.7 Å². The van der Waals surface area contributed by atoms with Gasteiger partial charge in [0.05, 0.1) is 6.04 Å².